The maximum Gasteiger partial charge on any atom is 0.0737 e. The van der Waals surface area contributed by atoms with Crippen molar-refractivity contribution >= 4 is 0 Å². The minimum Gasteiger partial charge on any atom is -0.391 e. The molecule has 2 fully saturated rings. The second-order valence-electron chi connectivity index (χ2n) is 5.60. The average Bonchev–Trinajstić information content (AvgIpc) is 2.51. The van der Waals surface area contributed by atoms with Gasteiger partial charge in [-0.2, -0.15) is 0 Å². The first-order valence-electron chi connectivity index (χ1n) is 6.83. The Hall–Kier alpha value is -0.160. The molecule has 2 aliphatic heterocycles. The summed E-state index contributed by atoms with van der Waals surface area (Å²) < 4.78 is 5.37. The lowest BCUT2D eigenvalue weighted by Crippen LogP contribution is -2.50. The van der Waals surface area contributed by atoms with Crippen LogP contribution in [0.3, 0.4) is 0 Å². The van der Waals surface area contributed by atoms with Gasteiger partial charge in [-0.1, -0.05) is 0 Å². The Morgan fingerprint density at radius 3 is 2.59 bits per heavy atom. The zero-order valence-electron chi connectivity index (χ0n) is 11.1. The van der Waals surface area contributed by atoms with Crippen molar-refractivity contribution in [2.24, 2.45) is 5.92 Å². The first-order valence-corrected chi connectivity index (χ1v) is 6.83. The van der Waals surface area contributed by atoms with E-state index in [1.54, 1.807) is 0 Å². The Labute approximate surface area is 105 Å². The molecule has 17 heavy (non-hydrogen) atoms. The minimum atomic E-state index is -0.204. The van der Waals surface area contributed by atoms with Crippen LogP contribution in [-0.2, 0) is 4.74 Å². The Morgan fingerprint density at radius 2 is 1.88 bits per heavy atom. The van der Waals surface area contributed by atoms with Crippen LogP contribution in [0.15, 0.2) is 0 Å². The third-order valence-electron chi connectivity index (χ3n) is 4.26. The van der Waals surface area contributed by atoms with Crippen molar-refractivity contribution < 1.29 is 9.84 Å². The van der Waals surface area contributed by atoms with Crippen LogP contribution in [0.2, 0.25) is 0 Å². The first kappa shape index (κ1) is 13.3. The molecule has 0 saturated carbocycles. The fourth-order valence-electron chi connectivity index (χ4n) is 3.05. The zero-order chi connectivity index (χ0) is 12.3. The summed E-state index contributed by atoms with van der Waals surface area (Å²) in [4.78, 5) is 4.68. The number of hydrogen-bond donors (Lipinski definition) is 1. The summed E-state index contributed by atoms with van der Waals surface area (Å²) in [5.41, 5.74) is 0. The average molecular weight is 242 g/mol. The third-order valence-corrected chi connectivity index (χ3v) is 4.26. The van der Waals surface area contributed by atoms with Crippen LogP contribution < -0.4 is 0 Å². The first-order chi connectivity index (χ1) is 8.18. The number of aliphatic hydroxyl groups excluding tert-OH is 1. The molecule has 2 rings (SSSR count). The molecule has 0 aromatic carbocycles. The number of ether oxygens (including phenoxy) is 1. The minimum absolute atomic E-state index is 0.204. The summed E-state index contributed by atoms with van der Waals surface area (Å²) in [6.45, 7) is 4.84. The van der Waals surface area contributed by atoms with E-state index in [2.05, 4.69) is 23.9 Å². The van der Waals surface area contributed by atoms with Crippen LogP contribution in [-0.4, -0.2) is 74.0 Å². The molecule has 1 N–H and O–H groups in total. The number of likely N-dealkylation sites (N-methyl/N-ethyl adjacent to an activating group) is 2. The van der Waals surface area contributed by atoms with E-state index in [1.807, 2.05) is 0 Å². The Kier molecular flexibility index (Phi) is 4.79. The van der Waals surface area contributed by atoms with E-state index in [-0.39, 0.29) is 12.1 Å². The van der Waals surface area contributed by atoms with Crippen molar-refractivity contribution in [3.63, 3.8) is 0 Å². The molecule has 2 atom stereocenters. The third kappa shape index (κ3) is 3.41. The van der Waals surface area contributed by atoms with Crippen LogP contribution in [0.4, 0.5) is 0 Å². The fraction of sp³-hybridized carbons (Fsp3) is 1.00. The molecule has 2 heterocycles. The van der Waals surface area contributed by atoms with Gasteiger partial charge in [-0.3, -0.25) is 4.90 Å². The van der Waals surface area contributed by atoms with Crippen molar-refractivity contribution in [2.45, 2.75) is 31.4 Å². The van der Waals surface area contributed by atoms with Gasteiger partial charge in [0.1, 0.15) is 0 Å². The molecule has 0 spiro atoms. The maximum atomic E-state index is 10.6. The summed E-state index contributed by atoms with van der Waals surface area (Å²) in [6, 6.07) is 0.283. The highest BCUT2D eigenvalue weighted by molar-refractivity contribution is 4.87. The molecule has 4 nitrogen and oxygen atoms in total. The highest BCUT2D eigenvalue weighted by Crippen LogP contribution is 2.24. The van der Waals surface area contributed by atoms with Gasteiger partial charge in [0.15, 0.2) is 0 Å². The van der Waals surface area contributed by atoms with E-state index in [1.165, 1.54) is 6.42 Å². The lowest BCUT2D eigenvalue weighted by atomic mass is 9.88. The largest absolute Gasteiger partial charge is 0.391 e. The zero-order valence-corrected chi connectivity index (χ0v) is 11.1. The van der Waals surface area contributed by atoms with E-state index in [0.29, 0.717) is 5.92 Å². The summed E-state index contributed by atoms with van der Waals surface area (Å²) in [5.74, 6) is 0.419. The molecule has 0 radical (unpaired) electrons. The van der Waals surface area contributed by atoms with Crippen molar-refractivity contribution in [2.75, 3.05) is 46.9 Å². The van der Waals surface area contributed by atoms with Gasteiger partial charge in [0.25, 0.3) is 0 Å². The summed E-state index contributed by atoms with van der Waals surface area (Å²) in [6.07, 6.45) is 3.01. The Bertz CT molecular complexity index is 231. The molecule has 0 amide bonds. The molecule has 2 aliphatic rings. The van der Waals surface area contributed by atoms with Crippen molar-refractivity contribution in [1.29, 1.82) is 0 Å². The fourth-order valence-corrected chi connectivity index (χ4v) is 3.05. The molecule has 0 aliphatic carbocycles. The van der Waals surface area contributed by atoms with Crippen LogP contribution in [0.25, 0.3) is 0 Å². The molecule has 0 aromatic heterocycles. The van der Waals surface area contributed by atoms with E-state index >= 15 is 0 Å². The summed E-state index contributed by atoms with van der Waals surface area (Å²) >= 11 is 0. The molecule has 0 bridgehead atoms. The van der Waals surface area contributed by atoms with Gasteiger partial charge in [0.05, 0.1) is 6.10 Å². The molecular weight excluding hydrogens is 216 g/mol. The smallest absolute Gasteiger partial charge is 0.0737 e. The highest BCUT2D eigenvalue weighted by Gasteiger charge is 2.33. The number of hydrogen-bond acceptors (Lipinski definition) is 4. The van der Waals surface area contributed by atoms with Gasteiger partial charge >= 0.3 is 0 Å². The van der Waals surface area contributed by atoms with Crippen LogP contribution >= 0.6 is 0 Å². The van der Waals surface area contributed by atoms with E-state index < -0.39 is 0 Å². The Balaban J connectivity index is 1.96. The second kappa shape index (κ2) is 6.14. The van der Waals surface area contributed by atoms with Crippen LogP contribution in [0, 0.1) is 5.92 Å². The normalized spacial score (nSPS) is 32.3. The standard InChI is InChI=1S/C13H26N2O2/c1-14-6-3-7-15(2)12(10-14)13(16)11-4-8-17-9-5-11/h11-13,16H,3-10H2,1-2H3. The lowest BCUT2D eigenvalue weighted by Gasteiger charge is -2.37. The molecule has 100 valence electrons. The van der Waals surface area contributed by atoms with Gasteiger partial charge in [0, 0.05) is 25.8 Å². The van der Waals surface area contributed by atoms with Gasteiger partial charge in [0.2, 0.25) is 0 Å². The molecule has 0 aromatic rings. The van der Waals surface area contributed by atoms with E-state index in [9.17, 15) is 5.11 Å². The summed E-state index contributed by atoms with van der Waals surface area (Å²) in [5, 5.41) is 10.6. The van der Waals surface area contributed by atoms with Gasteiger partial charge < -0.3 is 14.7 Å². The molecule has 2 unspecified atom stereocenters. The van der Waals surface area contributed by atoms with Crippen LogP contribution in [0.1, 0.15) is 19.3 Å². The van der Waals surface area contributed by atoms with Gasteiger partial charge in [-0.05, 0) is 52.4 Å². The van der Waals surface area contributed by atoms with Crippen LogP contribution in [0.5, 0.6) is 0 Å². The number of rotatable bonds is 2. The lowest BCUT2D eigenvalue weighted by molar-refractivity contribution is -0.0317. The predicted molar refractivity (Wildman–Crippen MR) is 68.1 cm³/mol. The number of nitrogens with zero attached hydrogens (tertiary/aromatic N) is 2. The molecule has 4 heteroatoms. The second-order valence-corrected chi connectivity index (χ2v) is 5.60. The van der Waals surface area contributed by atoms with Crippen molar-refractivity contribution in [3.05, 3.63) is 0 Å². The quantitative estimate of drug-likeness (QED) is 0.761. The monoisotopic (exact) mass is 242 g/mol. The SMILES string of the molecule is CN1CCCN(C)C(C(O)C2CCOCC2)C1. The Morgan fingerprint density at radius 1 is 1.18 bits per heavy atom. The van der Waals surface area contributed by atoms with Gasteiger partial charge in [-0.25, -0.2) is 0 Å². The maximum absolute atomic E-state index is 10.6. The van der Waals surface area contributed by atoms with Crippen molar-refractivity contribution in [1.82, 2.24) is 9.80 Å². The molecule has 2 saturated heterocycles. The summed E-state index contributed by atoms with van der Waals surface area (Å²) in [7, 11) is 4.30. The topological polar surface area (TPSA) is 35.9 Å². The van der Waals surface area contributed by atoms with E-state index in [4.69, 9.17) is 4.74 Å². The highest BCUT2D eigenvalue weighted by atomic mass is 16.5. The van der Waals surface area contributed by atoms with E-state index in [0.717, 1.165) is 45.7 Å². The predicted octanol–water partition coefficient (Wildman–Crippen LogP) is 0.410. The molecular formula is C13H26N2O2. The van der Waals surface area contributed by atoms with Gasteiger partial charge in [-0.15, -0.1) is 0 Å². The number of aliphatic hydroxyl groups is 1. The van der Waals surface area contributed by atoms with Crippen molar-refractivity contribution in [3.8, 4) is 0 Å².